The van der Waals surface area contributed by atoms with E-state index in [1.165, 1.54) is 23.1 Å². The Morgan fingerprint density at radius 2 is 1.91 bits per heavy atom. The van der Waals surface area contributed by atoms with E-state index < -0.39 is 18.1 Å². The van der Waals surface area contributed by atoms with Crippen LogP contribution in [-0.4, -0.2) is 41.0 Å². The molecule has 0 fully saturated rings. The van der Waals surface area contributed by atoms with E-state index in [0.717, 1.165) is 12.8 Å². The van der Waals surface area contributed by atoms with Crippen molar-refractivity contribution in [3.8, 4) is 0 Å². The molecule has 3 N–H and O–H groups in total. The zero-order valence-electron chi connectivity index (χ0n) is 14.3. The summed E-state index contributed by atoms with van der Waals surface area (Å²) in [5, 5.41) is 9.31. The summed E-state index contributed by atoms with van der Waals surface area (Å²) in [5.74, 6) is -1.28. The van der Waals surface area contributed by atoms with Gasteiger partial charge in [0.2, 0.25) is 5.91 Å². The van der Waals surface area contributed by atoms with Crippen LogP contribution in [0.5, 0.6) is 0 Å². The summed E-state index contributed by atoms with van der Waals surface area (Å²) in [6, 6.07) is 6.52. The Labute approximate surface area is 138 Å². The van der Waals surface area contributed by atoms with Gasteiger partial charge in [0.1, 0.15) is 6.04 Å². The maximum Gasteiger partial charge on any atom is 0.326 e. The van der Waals surface area contributed by atoms with E-state index in [9.17, 15) is 14.7 Å². The third-order valence-electron chi connectivity index (χ3n) is 4.23. The van der Waals surface area contributed by atoms with E-state index in [1.807, 2.05) is 38.1 Å². The van der Waals surface area contributed by atoms with Gasteiger partial charge in [-0.2, -0.15) is 0 Å². The number of likely N-dealkylation sites (N-methyl/N-ethyl adjacent to an activating group) is 1. The van der Waals surface area contributed by atoms with Gasteiger partial charge >= 0.3 is 5.97 Å². The molecule has 0 aliphatic heterocycles. The van der Waals surface area contributed by atoms with Gasteiger partial charge in [-0.05, 0) is 37.3 Å². The average molecular weight is 320 g/mol. The number of aliphatic carboxylic acids is 1. The van der Waals surface area contributed by atoms with Crippen LogP contribution in [0.4, 0.5) is 0 Å². The topological polar surface area (TPSA) is 83.6 Å². The molecule has 0 saturated heterocycles. The van der Waals surface area contributed by atoms with Crippen LogP contribution in [-0.2, 0) is 16.0 Å². The highest BCUT2D eigenvalue weighted by molar-refractivity contribution is 5.86. The van der Waals surface area contributed by atoms with Crippen LogP contribution in [0, 0.1) is 6.92 Å². The summed E-state index contributed by atoms with van der Waals surface area (Å²) in [7, 11) is 1.53. The molecule has 128 valence electrons. The molecule has 5 heteroatoms. The minimum atomic E-state index is -0.972. The molecule has 0 aliphatic carbocycles. The van der Waals surface area contributed by atoms with Crippen molar-refractivity contribution >= 4 is 11.9 Å². The molecule has 0 saturated carbocycles. The van der Waals surface area contributed by atoms with Gasteiger partial charge in [-0.25, -0.2) is 4.79 Å². The summed E-state index contributed by atoms with van der Waals surface area (Å²) in [4.78, 5) is 25.1. The van der Waals surface area contributed by atoms with Gasteiger partial charge in [-0.1, -0.05) is 44.0 Å². The summed E-state index contributed by atoms with van der Waals surface area (Å²) in [6.07, 6.45) is 3.34. The van der Waals surface area contributed by atoms with Crippen molar-refractivity contribution in [3.63, 3.8) is 0 Å². The molecular formula is C18H28N2O3. The zero-order chi connectivity index (χ0) is 17.4. The highest BCUT2D eigenvalue weighted by atomic mass is 16.4. The average Bonchev–Trinajstić information content (AvgIpc) is 2.52. The second kappa shape index (κ2) is 9.30. The Balaban J connectivity index is 2.63. The van der Waals surface area contributed by atoms with Crippen LogP contribution in [0.2, 0.25) is 0 Å². The lowest BCUT2D eigenvalue weighted by Gasteiger charge is -2.27. The summed E-state index contributed by atoms with van der Waals surface area (Å²) in [6.45, 7) is 4.02. The maximum absolute atomic E-state index is 12.4. The van der Waals surface area contributed by atoms with Crippen molar-refractivity contribution in [2.45, 2.75) is 58.0 Å². The number of carbonyl (C=O) groups excluding carboxylic acids is 1. The van der Waals surface area contributed by atoms with Crippen LogP contribution in [0.25, 0.3) is 0 Å². The van der Waals surface area contributed by atoms with Crippen LogP contribution in [0.3, 0.4) is 0 Å². The molecule has 0 heterocycles. The smallest absolute Gasteiger partial charge is 0.326 e. The fourth-order valence-corrected chi connectivity index (χ4v) is 2.62. The zero-order valence-corrected chi connectivity index (χ0v) is 14.3. The van der Waals surface area contributed by atoms with Crippen molar-refractivity contribution in [3.05, 3.63) is 35.4 Å². The van der Waals surface area contributed by atoms with Crippen LogP contribution >= 0.6 is 0 Å². The number of carbonyl (C=O) groups is 2. The number of rotatable bonds is 9. The fraction of sp³-hybridized carbons (Fsp3) is 0.556. The second-order valence-corrected chi connectivity index (χ2v) is 6.02. The molecule has 0 spiro atoms. The molecule has 5 nitrogen and oxygen atoms in total. The van der Waals surface area contributed by atoms with Crippen LogP contribution in [0.15, 0.2) is 24.3 Å². The molecule has 1 amide bonds. The van der Waals surface area contributed by atoms with Crippen molar-refractivity contribution in [2.75, 3.05) is 7.05 Å². The Morgan fingerprint density at radius 3 is 2.48 bits per heavy atom. The number of hydrogen-bond acceptors (Lipinski definition) is 3. The predicted molar refractivity (Wildman–Crippen MR) is 91.2 cm³/mol. The first-order chi connectivity index (χ1) is 10.9. The Kier molecular flexibility index (Phi) is 7.75. The molecule has 0 radical (unpaired) electrons. The van der Waals surface area contributed by atoms with Gasteiger partial charge in [0.05, 0.1) is 6.04 Å². The number of nitrogens with zero attached hydrogens (tertiary/aromatic N) is 1. The first-order valence-electron chi connectivity index (χ1n) is 8.18. The maximum atomic E-state index is 12.4. The van der Waals surface area contributed by atoms with E-state index in [1.54, 1.807) is 0 Å². The lowest BCUT2D eigenvalue weighted by Crippen LogP contribution is -2.49. The normalized spacial score (nSPS) is 13.4. The quantitative estimate of drug-likeness (QED) is 0.731. The Bertz CT molecular complexity index is 531. The van der Waals surface area contributed by atoms with E-state index in [-0.39, 0.29) is 5.91 Å². The number of carboxylic acid groups (broad SMARTS) is 1. The van der Waals surface area contributed by atoms with Crippen molar-refractivity contribution < 1.29 is 14.7 Å². The van der Waals surface area contributed by atoms with Gasteiger partial charge in [0.25, 0.3) is 0 Å². The van der Waals surface area contributed by atoms with E-state index in [4.69, 9.17) is 5.73 Å². The number of unbranched alkanes of at least 4 members (excludes halogenated alkanes) is 1. The third kappa shape index (κ3) is 5.67. The van der Waals surface area contributed by atoms with Crippen molar-refractivity contribution in [1.29, 1.82) is 0 Å². The van der Waals surface area contributed by atoms with Gasteiger partial charge in [-0.15, -0.1) is 0 Å². The minimum absolute atomic E-state index is 0.304. The number of carboxylic acids is 1. The molecule has 0 bridgehead atoms. The van der Waals surface area contributed by atoms with Gasteiger partial charge < -0.3 is 15.7 Å². The molecule has 1 aromatic carbocycles. The number of hydrogen-bond donors (Lipinski definition) is 2. The highest BCUT2D eigenvalue weighted by Gasteiger charge is 2.28. The largest absolute Gasteiger partial charge is 0.480 e. The van der Waals surface area contributed by atoms with E-state index in [2.05, 4.69) is 0 Å². The van der Waals surface area contributed by atoms with Crippen molar-refractivity contribution in [2.24, 2.45) is 5.73 Å². The molecule has 0 aliphatic rings. The summed E-state index contributed by atoms with van der Waals surface area (Å²) < 4.78 is 0. The van der Waals surface area contributed by atoms with Crippen LogP contribution in [0.1, 0.15) is 43.7 Å². The van der Waals surface area contributed by atoms with Gasteiger partial charge in [-0.3, -0.25) is 4.79 Å². The third-order valence-corrected chi connectivity index (χ3v) is 4.23. The Hall–Kier alpha value is -1.88. The molecular weight excluding hydrogens is 292 g/mol. The van der Waals surface area contributed by atoms with Gasteiger partial charge in [0.15, 0.2) is 0 Å². The fourth-order valence-electron chi connectivity index (χ4n) is 2.62. The molecule has 1 aromatic rings. The standard InChI is InChI=1S/C18H28N2O3/c1-4-5-10-16(18(22)23)20(3)17(21)15(19)12-11-14-9-7-6-8-13(14)2/h6-9,15-16H,4-5,10-12,19H2,1-3H3,(H,22,23)/t15-,16-/m0/s1. The van der Waals surface area contributed by atoms with Gasteiger partial charge in [0, 0.05) is 7.05 Å². The first kappa shape index (κ1) is 19.2. The first-order valence-corrected chi connectivity index (χ1v) is 8.18. The van der Waals surface area contributed by atoms with Crippen LogP contribution < -0.4 is 5.73 Å². The number of amides is 1. The highest BCUT2D eigenvalue weighted by Crippen LogP contribution is 2.13. The molecule has 0 aromatic heterocycles. The number of nitrogens with two attached hydrogens (primary N) is 1. The Morgan fingerprint density at radius 1 is 1.26 bits per heavy atom. The lowest BCUT2D eigenvalue weighted by molar-refractivity contribution is -0.149. The van der Waals surface area contributed by atoms with E-state index >= 15 is 0 Å². The number of benzene rings is 1. The predicted octanol–water partition coefficient (Wildman–Crippen LogP) is 2.36. The SMILES string of the molecule is CCCC[C@@H](C(=O)O)N(C)C(=O)[C@@H](N)CCc1ccccc1C. The molecule has 1 rings (SSSR count). The van der Waals surface area contributed by atoms with Crippen molar-refractivity contribution in [1.82, 2.24) is 4.90 Å². The summed E-state index contributed by atoms with van der Waals surface area (Å²) in [5.41, 5.74) is 8.34. The number of aryl methyl sites for hydroxylation is 2. The lowest BCUT2D eigenvalue weighted by atomic mass is 10.00. The second-order valence-electron chi connectivity index (χ2n) is 6.02. The summed E-state index contributed by atoms with van der Waals surface area (Å²) >= 11 is 0. The molecule has 0 unspecified atom stereocenters. The minimum Gasteiger partial charge on any atom is -0.480 e. The molecule has 23 heavy (non-hydrogen) atoms. The molecule has 2 atom stereocenters. The van der Waals surface area contributed by atoms with E-state index in [0.29, 0.717) is 19.3 Å². The monoisotopic (exact) mass is 320 g/mol.